The van der Waals surface area contributed by atoms with E-state index in [9.17, 15) is 9.59 Å². The van der Waals surface area contributed by atoms with Gasteiger partial charge in [0.1, 0.15) is 23.0 Å². The molecule has 0 atom stereocenters. The summed E-state index contributed by atoms with van der Waals surface area (Å²) < 4.78 is 22.8. The van der Waals surface area contributed by atoms with E-state index in [0.717, 1.165) is 24.3 Å². The molecule has 0 amide bonds. The van der Waals surface area contributed by atoms with Crippen molar-refractivity contribution in [2.24, 2.45) is 0 Å². The van der Waals surface area contributed by atoms with Gasteiger partial charge in [-0.2, -0.15) is 0 Å². The fourth-order valence-corrected chi connectivity index (χ4v) is 6.55. The van der Waals surface area contributed by atoms with Crippen molar-refractivity contribution in [2.75, 3.05) is 13.2 Å². The van der Waals surface area contributed by atoms with Crippen molar-refractivity contribution in [1.82, 2.24) is 0 Å². The number of esters is 2. The van der Waals surface area contributed by atoms with Gasteiger partial charge < -0.3 is 18.9 Å². The third kappa shape index (κ3) is 20.6. The van der Waals surface area contributed by atoms with Crippen molar-refractivity contribution in [3.05, 3.63) is 83.9 Å². The largest absolute Gasteiger partial charge is 0.494 e. The second-order valence-corrected chi connectivity index (χ2v) is 14.8. The minimum atomic E-state index is -0.464. The van der Waals surface area contributed by atoms with Crippen LogP contribution in [-0.4, -0.2) is 25.2 Å². The molecule has 0 unspecified atom stereocenters. The minimum absolute atomic E-state index is 0.363. The Morgan fingerprint density at radius 1 is 0.333 bits per heavy atom. The Kier molecular flexibility index (Phi) is 24.4. The number of ether oxygens (including phenoxy) is 4. The maximum atomic E-state index is 12.7. The molecule has 0 N–H and O–H groups in total. The van der Waals surface area contributed by atoms with Crippen molar-refractivity contribution < 1.29 is 28.5 Å². The van der Waals surface area contributed by atoms with E-state index in [1.807, 2.05) is 0 Å². The quantitative estimate of drug-likeness (QED) is 0.0360. The normalized spacial score (nSPS) is 11.0. The highest BCUT2D eigenvalue weighted by molar-refractivity contribution is 5.92. The van der Waals surface area contributed by atoms with E-state index in [1.165, 1.54) is 141 Å². The van der Waals surface area contributed by atoms with Gasteiger partial charge in [0.15, 0.2) is 0 Å². The van der Waals surface area contributed by atoms with Gasteiger partial charge in [0.05, 0.1) is 24.3 Å². The molecule has 0 spiro atoms. The summed E-state index contributed by atoms with van der Waals surface area (Å²) in [5, 5.41) is 0. The van der Waals surface area contributed by atoms with E-state index in [1.54, 1.807) is 72.8 Å². The third-order valence-electron chi connectivity index (χ3n) is 9.96. The summed E-state index contributed by atoms with van der Waals surface area (Å²) in [5.41, 5.74) is 0.870. The highest BCUT2D eigenvalue weighted by Gasteiger charge is 2.12. The molecular weight excluding hydrogens is 673 g/mol. The molecule has 0 aromatic heterocycles. The lowest BCUT2D eigenvalue weighted by molar-refractivity contribution is 0.0719. The van der Waals surface area contributed by atoms with Crippen LogP contribution in [0.2, 0.25) is 0 Å². The molecule has 0 saturated heterocycles. The first-order valence-electron chi connectivity index (χ1n) is 21.6. The third-order valence-corrected chi connectivity index (χ3v) is 9.96. The second kappa shape index (κ2) is 29.5. The zero-order valence-corrected chi connectivity index (χ0v) is 33.8. The predicted molar refractivity (Wildman–Crippen MR) is 222 cm³/mol. The Labute approximate surface area is 327 Å². The first-order valence-corrected chi connectivity index (χ1v) is 21.6. The van der Waals surface area contributed by atoms with Crippen molar-refractivity contribution >= 4 is 11.9 Å². The van der Waals surface area contributed by atoms with Crippen molar-refractivity contribution in [2.45, 2.75) is 168 Å². The van der Waals surface area contributed by atoms with Crippen LogP contribution < -0.4 is 18.9 Å². The molecule has 3 aromatic carbocycles. The first-order chi connectivity index (χ1) is 26.6. The molecule has 0 bridgehead atoms. The van der Waals surface area contributed by atoms with Crippen molar-refractivity contribution in [1.29, 1.82) is 0 Å². The minimum Gasteiger partial charge on any atom is -0.494 e. The second-order valence-electron chi connectivity index (χ2n) is 14.8. The smallest absolute Gasteiger partial charge is 0.343 e. The standard InChI is InChI=1S/C48H70O6/c1-3-5-7-9-11-13-15-17-19-21-23-25-39-51-43-31-27-41(28-32-43)47(49)53-45-35-37-46(38-36-45)54-48(50)42-29-33-44(34-30-42)52-40-26-24-22-20-18-16-14-12-10-8-6-4-2/h27-38H,3-26,39-40H2,1-2H3. The molecule has 3 rings (SSSR count). The number of rotatable bonds is 32. The summed E-state index contributed by atoms with van der Waals surface area (Å²) in [5.74, 6) is 1.29. The number of carbonyl (C=O) groups excluding carboxylic acids is 2. The molecular formula is C48H70O6. The maximum absolute atomic E-state index is 12.7. The van der Waals surface area contributed by atoms with E-state index in [2.05, 4.69) is 13.8 Å². The molecule has 0 aliphatic rings. The molecule has 0 heterocycles. The van der Waals surface area contributed by atoms with Crippen LogP contribution >= 0.6 is 0 Å². The molecule has 0 radical (unpaired) electrons. The SMILES string of the molecule is CCCCCCCCCCCCCCOc1ccc(C(=O)Oc2ccc(OC(=O)c3ccc(OCCCCCCCCCCCCCC)cc3)cc2)cc1. The predicted octanol–water partition coefficient (Wildman–Crippen LogP) is 14.3. The lowest BCUT2D eigenvalue weighted by Crippen LogP contribution is -2.09. The highest BCUT2D eigenvalue weighted by atomic mass is 16.5. The average Bonchev–Trinajstić information content (AvgIpc) is 3.19. The van der Waals surface area contributed by atoms with Crippen molar-refractivity contribution in [3.63, 3.8) is 0 Å². The lowest BCUT2D eigenvalue weighted by Gasteiger charge is -2.09. The van der Waals surface area contributed by atoms with E-state index >= 15 is 0 Å². The molecule has 0 saturated carbocycles. The van der Waals surface area contributed by atoms with Gasteiger partial charge >= 0.3 is 11.9 Å². The van der Waals surface area contributed by atoms with Crippen LogP contribution in [0.15, 0.2) is 72.8 Å². The zero-order chi connectivity index (χ0) is 38.3. The van der Waals surface area contributed by atoms with Gasteiger partial charge in [-0.3, -0.25) is 0 Å². The monoisotopic (exact) mass is 743 g/mol. The molecule has 54 heavy (non-hydrogen) atoms. The molecule has 0 aliphatic heterocycles. The Hall–Kier alpha value is -3.80. The van der Waals surface area contributed by atoms with Crippen LogP contribution in [-0.2, 0) is 0 Å². The lowest BCUT2D eigenvalue weighted by atomic mass is 10.1. The average molecular weight is 743 g/mol. The summed E-state index contributed by atoms with van der Waals surface area (Å²) in [7, 11) is 0. The summed E-state index contributed by atoms with van der Waals surface area (Å²) in [6.45, 7) is 5.89. The van der Waals surface area contributed by atoms with Gasteiger partial charge in [-0.25, -0.2) is 9.59 Å². The Morgan fingerprint density at radius 3 is 0.852 bits per heavy atom. The Bertz CT molecular complexity index is 1260. The summed E-state index contributed by atoms with van der Waals surface area (Å²) in [6, 6.07) is 20.5. The molecule has 3 aromatic rings. The molecule has 6 nitrogen and oxygen atoms in total. The van der Waals surface area contributed by atoms with Gasteiger partial charge in [-0.1, -0.05) is 155 Å². The van der Waals surface area contributed by atoms with Gasteiger partial charge in [0.2, 0.25) is 0 Å². The van der Waals surface area contributed by atoms with Crippen LogP contribution in [0.5, 0.6) is 23.0 Å². The van der Waals surface area contributed by atoms with Gasteiger partial charge in [0, 0.05) is 0 Å². The van der Waals surface area contributed by atoms with Crippen LogP contribution in [0.1, 0.15) is 189 Å². The number of unbranched alkanes of at least 4 members (excludes halogenated alkanes) is 22. The van der Waals surface area contributed by atoms with E-state index in [4.69, 9.17) is 18.9 Å². The number of hydrogen-bond donors (Lipinski definition) is 0. The van der Waals surface area contributed by atoms with Crippen LogP contribution in [0.3, 0.4) is 0 Å². The molecule has 298 valence electrons. The maximum Gasteiger partial charge on any atom is 0.343 e. The summed E-state index contributed by atoms with van der Waals surface area (Å²) >= 11 is 0. The topological polar surface area (TPSA) is 71.1 Å². The molecule has 6 heteroatoms. The number of benzene rings is 3. The summed E-state index contributed by atoms with van der Waals surface area (Å²) in [6.07, 6.45) is 31.5. The highest BCUT2D eigenvalue weighted by Crippen LogP contribution is 2.22. The van der Waals surface area contributed by atoms with Crippen LogP contribution in [0.4, 0.5) is 0 Å². The van der Waals surface area contributed by atoms with E-state index < -0.39 is 11.9 Å². The van der Waals surface area contributed by atoms with E-state index in [0.29, 0.717) is 35.8 Å². The molecule has 0 fully saturated rings. The van der Waals surface area contributed by atoms with E-state index in [-0.39, 0.29) is 0 Å². The van der Waals surface area contributed by atoms with Crippen LogP contribution in [0.25, 0.3) is 0 Å². The van der Waals surface area contributed by atoms with Crippen LogP contribution in [0, 0.1) is 0 Å². The first kappa shape index (κ1) is 44.6. The Balaban J connectivity index is 1.23. The summed E-state index contributed by atoms with van der Waals surface area (Å²) in [4.78, 5) is 25.4. The van der Waals surface area contributed by atoms with Gasteiger partial charge in [-0.05, 0) is 85.6 Å². The van der Waals surface area contributed by atoms with Gasteiger partial charge in [-0.15, -0.1) is 0 Å². The number of hydrogen-bond acceptors (Lipinski definition) is 6. The Morgan fingerprint density at radius 2 is 0.574 bits per heavy atom. The molecule has 0 aliphatic carbocycles. The zero-order valence-electron chi connectivity index (χ0n) is 33.8. The fraction of sp³-hybridized carbons (Fsp3) is 0.583. The van der Waals surface area contributed by atoms with Gasteiger partial charge in [0.25, 0.3) is 0 Å². The van der Waals surface area contributed by atoms with Crippen molar-refractivity contribution in [3.8, 4) is 23.0 Å². The number of carbonyl (C=O) groups is 2. The fourth-order valence-electron chi connectivity index (χ4n) is 6.55.